The molecule has 0 radical (unpaired) electrons. The number of rotatable bonds is 19. The van der Waals surface area contributed by atoms with E-state index in [1.54, 1.807) is 127 Å². The Hall–Kier alpha value is -9.49. The van der Waals surface area contributed by atoms with Gasteiger partial charge in [-0.2, -0.15) is 4.99 Å². The van der Waals surface area contributed by atoms with Crippen molar-refractivity contribution in [1.82, 2.24) is 0 Å². The SMILES string of the molecule is O=C(OC[C@H]1O[C@@H](N=C=S)[C@H](OC(=O)c2ccccc2)[C@@H](OC(=O)c2ccccc2)[C@@H]1O[C@H]1O[C@H](COC(=O)c2ccccc2)[C@@H](OC(=O)c2ccccc2)[C@H](OC(=O)c2ccccc2)[C@H]1OC(=O)c1ccccc1)c1ccccc1. The fourth-order valence-electron chi connectivity index (χ4n) is 8.75. The highest BCUT2D eigenvalue weighted by Gasteiger charge is 2.58. The maximum absolute atomic E-state index is 14.5. The van der Waals surface area contributed by atoms with Gasteiger partial charge in [-0.15, -0.1) is 0 Å². The molecule has 0 aromatic heterocycles. The summed E-state index contributed by atoms with van der Waals surface area (Å²) in [7, 11) is 0. The normalized spacial score (nSPS) is 22.0. The first-order valence-electron chi connectivity index (χ1n) is 25.3. The third-order valence-corrected chi connectivity index (χ3v) is 12.8. The van der Waals surface area contributed by atoms with Crippen molar-refractivity contribution in [3.8, 4) is 0 Å². The van der Waals surface area contributed by atoms with Gasteiger partial charge in [-0.3, -0.25) is 0 Å². The average molecular weight is 1110 g/mol. The van der Waals surface area contributed by atoms with Crippen LogP contribution in [0.3, 0.4) is 0 Å². The van der Waals surface area contributed by atoms with Crippen LogP contribution in [0.25, 0.3) is 0 Å². The fourth-order valence-corrected chi connectivity index (χ4v) is 8.85. The van der Waals surface area contributed by atoms with Crippen LogP contribution in [0.15, 0.2) is 217 Å². The number of carbonyl (C=O) groups is 7. The first kappa shape index (κ1) is 56.2. The average Bonchev–Trinajstić information content (AvgIpc) is 3.53. The molecule has 0 unspecified atom stereocenters. The van der Waals surface area contributed by atoms with Gasteiger partial charge in [0.2, 0.25) is 0 Å². The molecule has 10 atom stereocenters. The molecule has 2 aliphatic heterocycles. The molecule has 7 aromatic carbocycles. The van der Waals surface area contributed by atoms with Crippen molar-refractivity contribution >= 4 is 59.2 Å². The maximum atomic E-state index is 14.5. The van der Waals surface area contributed by atoms with Crippen LogP contribution >= 0.6 is 12.2 Å². The van der Waals surface area contributed by atoms with Gasteiger partial charge in [0.25, 0.3) is 0 Å². The standard InChI is InChI=1S/C62H49NO17S/c64-55(39-22-8-1-9-23-39)71-36-46-49(50(76-58(67)42-28-14-4-15-29-42)52(54(73-46)63-38-81)78-60(69)44-32-18-6-19-33-44)80-62-53(79-61(70)45-34-20-7-21-35-45)51(77-59(68)43-30-16-5-17-31-43)48(75-57(66)41-26-12-3-13-27-41)47(74-62)37-72-56(65)40-24-10-2-11-25-40/h1-35,46-54,62H,36-37H2/t46-,47-,48-,49-,50+,51+,52-,53-,54-,62-/m1/s1. The molecule has 18 nitrogen and oxygen atoms in total. The molecular weight excluding hydrogens is 1060 g/mol. The van der Waals surface area contributed by atoms with Gasteiger partial charge in [0.1, 0.15) is 31.5 Å². The second kappa shape index (κ2) is 27.4. The molecule has 19 heteroatoms. The molecule has 7 aromatic rings. The Morgan fingerprint density at radius 1 is 0.346 bits per heavy atom. The number of esters is 7. The van der Waals surface area contributed by atoms with E-state index in [4.69, 9.17) is 59.6 Å². The van der Waals surface area contributed by atoms with Gasteiger partial charge < -0.3 is 47.4 Å². The van der Waals surface area contributed by atoms with Crippen LogP contribution < -0.4 is 0 Å². The van der Waals surface area contributed by atoms with Gasteiger partial charge >= 0.3 is 41.8 Å². The minimum absolute atomic E-state index is 0.00347. The number of benzene rings is 7. The van der Waals surface area contributed by atoms with E-state index in [0.717, 1.165) is 0 Å². The molecule has 2 saturated heterocycles. The first-order chi connectivity index (χ1) is 39.5. The molecular formula is C62H49NO17S. The van der Waals surface area contributed by atoms with E-state index < -0.39 is 116 Å². The molecule has 2 aliphatic rings. The Labute approximate surface area is 469 Å². The summed E-state index contributed by atoms with van der Waals surface area (Å²) in [6.45, 7) is -1.45. The number of carbonyl (C=O) groups excluding carboxylic acids is 7. The zero-order valence-corrected chi connectivity index (χ0v) is 43.5. The lowest BCUT2D eigenvalue weighted by Gasteiger charge is -2.48. The number of aliphatic imine (C=N–C) groups is 1. The van der Waals surface area contributed by atoms with Crippen molar-refractivity contribution in [3.63, 3.8) is 0 Å². The van der Waals surface area contributed by atoms with E-state index in [1.165, 1.54) is 84.9 Å². The summed E-state index contributed by atoms with van der Waals surface area (Å²) in [5, 5.41) is 2.24. The van der Waals surface area contributed by atoms with Crippen molar-refractivity contribution in [1.29, 1.82) is 0 Å². The van der Waals surface area contributed by atoms with E-state index in [1.807, 2.05) is 0 Å². The number of hydrogen-bond donors (Lipinski definition) is 0. The molecule has 81 heavy (non-hydrogen) atoms. The van der Waals surface area contributed by atoms with Gasteiger partial charge in [0, 0.05) is 0 Å². The highest BCUT2D eigenvalue weighted by Crippen LogP contribution is 2.37. The number of isothiocyanates is 1. The van der Waals surface area contributed by atoms with Crippen molar-refractivity contribution in [2.75, 3.05) is 13.2 Å². The Balaban J connectivity index is 1.20. The van der Waals surface area contributed by atoms with Crippen LogP contribution in [0.4, 0.5) is 0 Å². The Morgan fingerprint density at radius 3 is 0.951 bits per heavy atom. The van der Waals surface area contributed by atoms with E-state index in [-0.39, 0.29) is 38.9 Å². The highest BCUT2D eigenvalue weighted by atomic mass is 32.1. The second-order valence-electron chi connectivity index (χ2n) is 18.0. The molecule has 2 heterocycles. The molecule has 9 rings (SSSR count). The quantitative estimate of drug-likeness (QED) is 0.0319. The van der Waals surface area contributed by atoms with Crippen LogP contribution in [0.5, 0.6) is 0 Å². The number of hydrogen-bond acceptors (Lipinski definition) is 19. The van der Waals surface area contributed by atoms with Gasteiger partial charge in [-0.1, -0.05) is 127 Å². The summed E-state index contributed by atoms with van der Waals surface area (Å²) in [6.07, 6.45) is -18.1. The van der Waals surface area contributed by atoms with Crippen molar-refractivity contribution in [3.05, 3.63) is 251 Å². The lowest BCUT2D eigenvalue weighted by atomic mass is 9.95. The van der Waals surface area contributed by atoms with E-state index in [9.17, 15) is 33.6 Å². The van der Waals surface area contributed by atoms with E-state index >= 15 is 0 Å². The smallest absolute Gasteiger partial charge is 0.338 e. The zero-order chi connectivity index (χ0) is 56.5. The molecule has 0 N–H and O–H groups in total. The first-order valence-corrected chi connectivity index (χ1v) is 25.7. The predicted molar refractivity (Wildman–Crippen MR) is 289 cm³/mol. The topological polar surface area (TPSA) is 224 Å². The molecule has 410 valence electrons. The minimum Gasteiger partial charge on any atom is -0.459 e. The van der Waals surface area contributed by atoms with Gasteiger partial charge in [-0.25, -0.2) is 33.6 Å². The van der Waals surface area contributed by atoms with Gasteiger partial charge in [0.15, 0.2) is 43.0 Å². The molecule has 2 fully saturated rings. The number of thiocarbonyl (C=S) groups is 1. The number of nitrogens with zero attached hydrogens (tertiary/aromatic N) is 1. The summed E-state index contributed by atoms with van der Waals surface area (Å²) >= 11 is 5.06. The molecule has 0 saturated carbocycles. The lowest BCUT2D eigenvalue weighted by Crippen LogP contribution is -2.67. The van der Waals surface area contributed by atoms with Crippen molar-refractivity contribution in [2.24, 2.45) is 4.99 Å². The van der Waals surface area contributed by atoms with E-state index in [2.05, 4.69) is 10.2 Å². The number of ether oxygens (including phenoxy) is 10. The molecule has 0 aliphatic carbocycles. The van der Waals surface area contributed by atoms with Crippen molar-refractivity contribution in [2.45, 2.75) is 61.3 Å². The lowest BCUT2D eigenvalue weighted by molar-refractivity contribution is -0.338. The summed E-state index contributed by atoms with van der Waals surface area (Å²) in [5.41, 5.74) is 0.396. The van der Waals surface area contributed by atoms with E-state index in [0.29, 0.717) is 0 Å². The fraction of sp³-hybridized carbons (Fsp3) is 0.194. The van der Waals surface area contributed by atoms with Gasteiger partial charge in [-0.05, 0) is 97.1 Å². The summed E-state index contributed by atoms with van der Waals surface area (Å²) < 4.78 is 63.1. The Morgan fingerprint density at radius 2 is 0.617 bits per heavy atom. The van der Waals surface area contributed by atoms with Crippen LogP contribution in [-0.4, -0.2) is 122 Å². The summed E-state index contributed by atoms with van der Waals surface area (Å²) in [5.74, 6) is -6.58. The third-order valence-electron chi connectivity index (χ3n) is 12.7. The Bertz CT molecular complexity index is 3320. The van der Waals surface area contributed by atoms with Crippen LogP contribution in [0.2, 0.25) is 0 Å². The second-order valence-corrected chi connectivity index (χ2v) is 18.2. The maximum Gasteiger partial charge on any atom is 0.338 e. The summed E-state index contributed by atoms with van der Waals surface area (Å²) in [4.78, 5) is 104. The predicted octanol–water partition coefficient (Wildman–Crippen LogP) is 8.77. The van der Waals surface area contributed by atoms with Crippen molar-refractivity contribution < 1.29 is 80.9 Å². The third kappa shape index (κ3) is 14.4. The monoisotopic (exact) mass is 1110 g/mol. The molecule has 0 spiro atoms. The zero-order valence-electron chi connectivity index (χ0n) is 42.7. The van der Waals surface area contributed by atoms with Crippen LogP contribution in [0, 0.1) is 0 Å². The molecule has 0 amide bonds. The van der Waals surface area contributed by atoms with Crippen LogP contribution in [0.1, 0.15) is 72.5 Å². The minimum atomic E-state index is -2.06. The van der Waals surface area contributed by atoms with Gasteiger partial charge in [0.05, 0.1) is 44.1 Å². The summed E-state index contributed by atoms with van der Waals surface area (Å²) in [6, 6.07) is 54.6. The Kier molecular flexibility index (Phi) is 19.0. The molecule has 0 bridgehead atoms. The largest absolute Gasteiger partial charge is 0.459 e. The highest BCUT2D eigenvalue weighted by molar-refractivity contribution is 7.78. The van der Waals surface area contributed by atoms with Crippen LogP contribution in [-0.2, 0) is 47.4 Å².